The van der Waals surface area contributed by atoms with Crippen LogP contribution in [0.3, 0.4) is 0 Å². The molecule has 3 aromatic rings. The van der Waals surface area contributed by atoms with Gasteiger partial charge in [0.25, 0.3) is 5.91 Å². The van der Waals surface area contributed by atoms with Crippen LogP contribution in [-0.4, -0.2) is 58.5 Å². The molecular weight excluding hydrogens is 572 g/mol. The zero-order valence-electron chi connectivity index (χ0n) is 24.3. The monoisotopic (exact) mass is 607 g/mol. The third-order valence-electron chi connectivity index (χ3n) is 8.60. The van der Waals surface area contributed by atoms with E-state index in [1.165, 1.54) is 18.2 Å². The number of hydrogen-bond donors (Lipinski definition) is 1. The lowest BCUT2D eigenvalue weighted by atomic mass is 9.86. The third-order valence-corrected chi connectivity index (χ3v) is 9.57. The van der Waals surface area contributed by atoms with E-state index in [-0.39, 0.29) is 17.4 Å². The van der Waals surface area contributed by atoms with E-state index in [2.05, 4.69) is 6.07 Å². The molecule has 0 radical (unpaired) electrons. The molecule has 0 spiro atoms. The van der Waals surface area contributed by atoms with Gasteiger partial charge in [-0.3, -0.25) is 4.79 Å². The average molecular weight is 608 g/mol. The molecule has 5 rings (SSSR count). The first kappa shape index (κ1) is 30.4. The number of benzene rings is 3. The van der Waals surface area contributed by atoms with E-state index < -0.39 is 20.7 Å². The molecule has 43 heavy (non-hydrogen) atoms. The van der Waals surface area contributed by atoms with Gasteiger partial charge in [-0.15, -0.1) is 0 Å². The molecule has 0 atom stereocenters. The summed E-state index contributed by atoms with van der Waals surface area (Å²) in [7, 11) is -4.27. The van der Waals surface area contributed by atoms with Crippen molar-refractivity contribution in [2.45, 2.75) is 38.0 Å². The number of carbonyl (C=O) groups is 1. The summed E-state index contributed by atoms with van der Waals surface area (Å²) in [6.07, 6.45) is 2.49. The average Bonchev–Trinajstić information content (AvgIpc) is 2.98. The number of hydrogen-bond acceptors (Lipinski definition) is 6. The van der Waals surface area contributed by atoms with Crippen LogP contribution in [0.4, 0.5) is 20.2 Å². The molecule has 226 valence electrons. The summed E-state index contributed by atoms with van der Waals surface area (Å²) in [4.78, 5) is 18.6. The molecule has 11 heteroatoms. The van der Waals surface area contributed by atoms with Gasteiger partial charge in [0.15, 0.2) is 0 Å². The van der Waals surface area contributed by atoms with Crippen LogP contribution in [0.15, 0.2) is 53.4 Å². The van der Waals surface area contributed by atoms with Gasteiger partial charge < -0.3 is 14.7 Å². The Labute approximate surface area is 251 Å². The fourth-order valence-electron chi connectivity index (χ4n) is 6.30. The maximum atomic E-state index is 14.5. The van der Waals surface area contributed by atoms with Gasteiger partial charge in [0, 0.05) is 44.8 Å². The highest BCUT2D eigenvalue weighted by atomic mass is 32.2. The van der Waals surface area contributed by atoms with Crippen molar-refractivity contribution in [2.24, 2.45) is 11.1 Å². The molecule has 0 bridgehead atoms. The second-order valence-corrected chi connectivity index (χ2v) is 12.9. The van der Waals surface area contributed by atoms with Crippen molar-refractivity contribution in [1.82, 2.24) is 4.90 Å². The molecule has 2 aliphatic rings. The number of amides is 1. The van der Waals surface area contributed by atoms with Crippen LogP contribution >= 0.6 is 0 Å². The largest absolute Gasteiger partial charge is 0.368 e. The molecule has 2 saturated heterocycles. The van der Waals surface area contributed by atoms with Gasteiger partial charge in [0.1, 0.15) is 22.6 Å². The molecule has 2 fully saturated rings. The second kappa shape index (κ2) is 12.3. The van der Waals surface area contributed by atoms with E-state index in [0.717, 1.165) is 42.0 Å². The van der Waals surface area contributed by atoms with E-state index in [1.807, 2.05) is 30.9 Å². The normalized spacial score (nSPS) is 16.3. The predicted molar refractivity (Wildman–Crippen MR) is 162 cm³/mol. The van der Waals surface area contributed by atoms with Crippen LogP contribution in [-0.2, 0) is 16.4 Å². The molecule has 3 aromatic carbocycles. The van der Waals surface area contributed by atoms with Gasteiger partial charge in [0.05, 0.1) is 16.9 Å². The van der Waals surface area contributed by atoms with Crippen molar-refractivity contribution in [3.8, 4) is 6.07 Å². The number of halogens is 2. The van der Waals surface area contributed by atoms with Crippen LogP contribution in [0.1, 0.15) is 45.5 Å². The van der Waals surface area contributed by atoms with Crippen molar-refractivity contribution in [3.05, 3.63) is 88.0 Å². The number of sulfonamides is 1. The maximum Gasteiger partial charge on any atom is 0.254 e. The molecule has 1 amide bonds. The van der Waals surface area contributed by atoms with Gasteiger partial charge in [-0.25, -0.2) is 22.3 Å². The summed E-state index contributed by atoms with van der Waals surface area (Å²) in [5.74, 6) is -1.01. The van der Waals surface area contributed by atoms with Gasteiger partial charge in [-0.1, -0.05) is 18.2 Å². The molecule has 2 N–H and O–H groups in total. The van der Waals surface area contributed by atoms with Gasteiger partial charge >= 0.3 is 0 Å². The van der Waals surface area contributed by atoms with Gasteiger partial charge in [0.2, 0.25) is 10.0 Å². The van der Waals surface area contributed by atoms with Gasteiger partial charge in [-0.2, -0.15) is 5.26 Å². The summed E-state index contributed by atoms with van der Waals surface area (Å²) >= 11 is 0. The van der Waals surface area contributed by atoms with Crippen molar-refractivity contribution >= 4 is 27.3 Å². The topological polar surface area (TPSA) is 111 Å². The van der Waals surface area contributed by atoms with E-state index in [4.69, 9.17) is 5.14 Å². The van der Waals surface area contributed by atoms with Crippen LogP contribution in [0.25, 0.3) is 0 Å². The van der Waals surface area contributed by atoms with Crippen molar-refractivity contribution in [3.63, 3.8) is 0 Å². The Hall–Kier alpha value is -4.01. The fraction of sp³-hybridized carbons (Fsp3) is 0.375. The molecular formula is C32H35F2N5O3S. The third kappa shape index (κ3) is 6.36. The smallest absolute Gasteiger partial charge is 0.254 e. The number of aryl methyl sites for hydroxylation is 2. The summed E-state index contributed by atoms with van der Waals surface area (Å²) in [6, 6.07) is 14.7. The summed E-state index contributed by atoms with van der Waals surface area (Å²) in [5.41, 5.74) is 4.66. The molecule has 0 unspecified atom stereocenters. The van der Waals surface area contributed by atoms with Crippen molar-refractivity contribution < 1.29 is 22.0 Å². The standard InChI is InChI=1S/C32H35F2N5O3S/c1-21-17-22(2)26(19-25(21)18-23-9-11-38(12-10-23)30-24(20-35)5-3-6-27(30)33)32(40)39-15-13-37(14-16-39)29-8-4-7-28(34)31(29)43(36,41)42/h3-8,17,19,23H,9-16,18H2,1-2H3,(H2,36,41,42). The number of carbonyl (C=O) groups excluding carboxylic acids is 1. The Bertz CT molecular complexity index is 1690. The minimum atomic E-state index is -4.27. The highest BCUT2D eigenvalue weighted by Crippen LogP contribution is 2.32. The van der Waals surface area contributed by atoms with Crippen molar-refractivity contribution in [1.29, 1.82) is 5.26 Å². The highest BCUT2D eigenvalue weighted by molar-refractivity contribution is 7.89. The number of rotatable bonds is 6. The number of nitrogens with zero attached hydrogens (tertiary/aromatic N) is 4. The zero-order chi connectivity index (χ0) is 30.9. The highest BCUT2D eigenvalue weighted by Gasteiger charge is 2.29. The zero-order valence-corrected chi connectivity index (χ0v) is 25.1. The van der Waals surface area contributed by atoms with E-state index in [0.29, 0.717) is 62.0 Å². The molecule has 2 aliphatic heterocycles. The Morgan fingerprint density at radius 2 is 1.58 bits per heavy atom. The number of primary sulfonamides is 1. The lowest BCUT2D eigenvalue weighted by Gasteiger charge is -2.37. The van der Waals surface area contributed by atoms with Crippen LogP contribution in [0.2, 0.25) is 0 Å². The number of nitrogens with two attached hydrogens (primary N) is 1. The predicted octanol–water partition coefficient (Wildman–Crippen LogP) is 4.52. The molecule has 0 aliphatic carbocycles. The summed E-state index contributed by atoms with van der Waals surface area (Å²) in [5, 5.41) is 14.7. The minimum Gasteiger partial charge on any atom is -0.368 e. The van der Waals surface area contributed by atoms with Crippen LogP contribution in [0.5, 0.6) is 0 Å². The second-order valence-electron chi connectivity index (χ2n) is 11.4. The number of para-hydroxylation sites is 1. The molecule has 8 nitrogen and oxygen atoms in total. The summed E-state index contributed by atoms with van der Waals surface area (Å²) in [6.45, 7) is 6.64. The first-order valence-electron chi connectivity index (χ1n) is 14.4. The number of piperidine rings is 1. The number of anilines is 2. The maximum absolute atomic E-state index is 14.5. The quantitative estimate of drug-likeness (QED) is 0.441. The van der Waals surface area contributed by atoms with E-state index >= 15 is 0 Å². The Kier molecular flexibility index (Phi) is 8.71. The number of piperazine rings is 1. The molecule has 0 aromatic heterocycles. The van der Waals surface area contributed by atoms with Crippen molar-refractivity contribution in [2.75, 3.05) is 49.1 Å². The van der Waals surface area contributed by atoms with Gasteiger partial charge in [-0.05, 0) is 86.1 Å². The minimum absolute atomic E-state index is 0.0947. The summed E-state index contributed by atoms with van der Waals surface area (Å²) < 4.78 is 53.0. The first-order valence-corrected chi connectivity index (χ1v) is 15.9. The SMILES string of the molecule is Cc1cc(C)c(C(=O)N2CCN(c3cccc(F)c3S(N)(=O)=O)CC2)cc1CC1CCN(c2c(F)cccc2C#N)CC1. The Morgan fingerprint density at radius 3 is 2.23 bits per heavy atom. The first-order chi connectivity index (χ1) is 20.5. The van der Waals surface area contributed by atoms with E-state index in [1.54, 1.807) is 21.9 Å². The lowest BCUT2D eigenvalue weighted by Crippen LogP contribution is -2.49. The Balaban J connectivity index is 1.25. The van der Waals surface area contributed by atoms with E-state index in [9.17, 15) is 27.3 Å². The Morgan fingerprint density at radius 1 is 0.930 bits per heavy atom. The van der Waals surface area contributed by atoms with Crippen LogP contribution < -0.4 is 14.9 Å². The van der Waals surface area contributed by atoms with Crippen LogP contribution in [0, 0.1) is 42.7 Å². The fourth-order valence-corrected chi connectivity index (χ4v) is 7.12. The molecule has 2 heterocycles. The lowest BCUT2D eigenvalue weighted by molar-refractivity contribution is 0.0745. The number of nitriles is 1. The molecule has 0 saturated carbocycles.